The second kappa shape index (κ2) is 5.68. The number of carbonyl (C=O) groups is 2. The smallest absolute Gasteiger partial charge is 0.449 e. The van der Waals surface area contributed by atoms with Crippen LogP contribution in [0.3, 0.4) is 0 Å². The first kappa shape index (κ1) is 12.6. The van der Waals surface area contributed by atoms with E-state index in [-0.39, 0.29) is 11.7 Å². The SMILES string of the molecule is O=C(O)Oc1ccc(C(=O)Nc2ccccc2)cc1. The maximum Gasteiger partial charge on any atom is 0.511 e. The van der Waals surface area contributed by atoms with Crippen molar-refractivity contribution < 1.29 is 19.4 Å². The maximum atomic E-state index is 11.9. The molecule has 0 unspecified atom stereocenters. The molecule has 0 atom stereocenters. The van der Waals surface area contributed by atoms with Crippen molar-refractivity contribution in [2.24, 2.45) is 0 Å². The van der Waals surface area contributed by atoms with Gasteiger partial charge in [0, 0.05) is 11.3 Å². The van der Waals surface area contributed by atoms with Gasteiger partial charge in [-0.3, -0.25) is 4.79 Å². The Bertz CT molecular complexity index is 578. The fourth-order valence-electron chi connectivity index (χ4n) is 1.50. The molecule has 5 nitrogen and oxygen atoms in total. The summed E-state index contributed by atoms with van der Waals surface area (Å²) in [5.41, 5.74) is 1.11. The number of anilines is 1. The quantitative estimate of drug-likeness (QED) is 0.654. The van der Waals surface area contributed by atoms with Crippen LogP contribution in [0.25, 0.3) is 0 Å². The van der Waals surface area contributed by atoms with Gasteiger partial charge in [0.1, 0.15) is 5.75 Å². The lowest BCUT2D eigenvalue weighted by Crippen LogP contribution is -2.11. The molecule has 5 heteroatoms. The Morgan fingerprint density at radius 1 is 0.947 bits per heavy atom. The average molecular weight is 257 g/mol. The largest absolute Gasteiger partial charge is 0.511 e. The molecule has 0 spiro atoms. The fraction of sp³-hybridized carbons (Fsp3) is 0. The van der Waals surface area contributed by atoms with Gasteiger partial charge in [-0.05, 0) is 36.4 Å². The molecule has 0 fully saturated rings. The van der Waals surface area contributed by atoms with Crippen LogP contribution in [0, 0.1) is 0 Å². The number of nitrogens with one attached hydrogen (secondary N) is 1. The van der Waals surface area contributed by atoms with Crippen molar-refractivity contribution in [2.75, 3.05) is 5.32 Å². The monoisotopic (exact) mass is 257 g/mol. The summed E-state index contributed by atoms with van der Waals surface area (Å²) in [6.45, 7) is 0. The van der Waals surface area contributed by atoms with Crippen LogP contribution in [0.1, 0.15) is 10.4 Å². The number of amides is 1. The van der Waals surface area contributed by atoms with Crippen LogP contribution in [0.4, 0.5) is 10.5 Å². The molecule has 2 aromatic carbocycles. The Kier molecular flexibility index (Phi) is 3.78. The van der Waals surface area contributed by atoms with E-state index in [1.54, 1.807) is 12.1 Å². The third-order valence-corrected chi connectivity index (χ3v) is 2.35. The van der Waals surface area contributed by atoms with Crippen LogP contribution in [0.2, 0.25) is 0 Å². The van der Waals surface area contributed by atoms with Crippen molar-refractivity contribution >= 4 is 17.7 Å². The third kappa shape index (κ3) is 3.57. The molecule has 0 aliphatic carbocycles. The molecular formula is C14H11NO4. The molecule has 96 valence electrons. The third-order valence-electron chi connectivity index (χ3n) is 2.35. The van der Waals surface area contributed by atoms with Gasteiger partial charge in [0.25, 0.3) is 5.91 Å². The zero-order valence-electron chi connectivity index (χ0n) is 9.87. The number of rotatable bonds is 3. The molecule has 2 N–H and O–H groups in total. The second-order valence-corrected chi connectivity index (χ2v) is 3.71. The van der Waals surface area contributed by atoms with Crippen LogP contribution in [-0.4, -0.2) is 17.2 Å². The van der Waals surface area contributed by atoms with E-state index in [9.17, 15) is 9.59 Å². The van der Waals surface area contributed by atoms with Crippen LogP contribution in [0.5, 0.6) is 5.75 Å². The van der Waals surface area contributed by atoms with Crippen LogP contribution >= 0.6 is 0 Å². The standard InChI is InChI=1S/C14H11NO4/c16-13(15-11-4-2-1-3-5-11)10-6-8-12(9-7-10)19-14(17)18/h1-9H,(H,15,16)(H,17,18). The highest BCUT2D eigenvalue weighted by Gasteiger charge is 2.07. The second-order valence-electron chi connectivity index (χ2n) is 3.71. The molecule has 0 saturated carbocycles. The summed E-state index contributed by atoms with van der Waals surface area (Å²) in [5.74, 6) is -0.100. The van der Waals surface area contributed by atoms with Gasteiger partial charge >= 0.3 is 6.16 Å². The molecule has 0 heterocycles. The van der Waals surface area contributed by atoms with E-state index >= 15 is 0 Å². The number of carbonyl (C=O) groups excluding carboxylic acids is 1. The van der Waals surface area contributed by atoms with Crippen molar-refractivity contribution in [3.63, 3.8) is 0 Å². The predicted octanol–water partition coefficient (Wildman–Crippen LogP) is 3.00. The predicted molar refractivity (Wildman–Crippen MR) is 69.5 cm³/mol. The molecule has 2 rings (SSSR count). The van der Waals surface area contributed by atoms with Crippen LogP contribution in [0.15, 0.2) is 54.6 Å². The molecule has 19 heavy (non-hydrogen) atoms. The summed E-state index contributed by atoms with van der Waals surface area (Å²) in [5, 5.41) is 11.2. The zero-order valence-corrected chi connectivity index (χ0v) is 9.87. The van der Waals surface area contributed by atoms with E-state index < -0.39 is 6.16 Å². The van der Waals surface area contributed by atoms with Crippen molar-refractivity contribution in [1.82, 2.24) is 0 Å². The first-order valence-corrected chi connectivity index (χ1v) is 5.52. The number of hydrogen-bond donors (Lipinski definition) is 2. The average Bonchev–Trinajstić information content (AvgIpc) is 2.40. The maximum absolute atomic E-state index is 11.9. The normalized spacial score (nSPS) is 9.68. The van der Waals surface area contributed by atoms with Crippen LogP contribution in [-0.2, 0) is 0 Å². The fourth-order valence-corrected chi connectivity index (χ4v) is 1.50. The van der Waals surface area contributed by atoms with E-state index in [1.807, 2.05) is 18.2 Å². The van der Waals surface area contributed by atoms with Crippen LogP contribution < -0.4 is 10.1 Å². The molecule has 0 saturated heterocycles. The minimum absolute atomic E-state index is 0.170. The van der Waals surface area contributed by atoms with Crippen molar-refractivity contribution in [3.05, 3.63) is 60.2 Å². The highest BCUT2D eigenvalue weighted by Crippen LogP contribution is 2.14. The summed E-state index contributed by atoms with van der Waals surface area (Å²) in [6.07, 6.45) is -1.39. The van der Waals surface area contributed by atoms with Gasteiger partial charge in [-0.25, -0.2) is 4.79 Å². The Morgan fingerprint density at radius 2 is 1.58 bits per heavy atom. The Morgan fingerprint density at radius 3 is 2.16 bits per heavy atom. The van der Waals surface area contributed by atoms with Gasteiger partial charge in [0.15, 0.2) is 0 Å². The van der Waals surface area contributed by atoms with E-state index in [0.717, 1.165) is 0 Å². The van der Waals surface area contributed by atoms with Crippen molar-refractivity contribution in [3.8, 4) is 5.75 Å². The highest BCUT2D eigenvalue weighted by molar-refractivity contribution is 6.04. The lowest BCUT2D eigenvalue weighted by atomic mass is 10.2. The number of para-hydroxylation sites is 1. The summed E-state index contributed by atoms with van der Waals surface area (Å²) in [7, 11) is 0. The van der Waals surface area contributed by atoms with E-state index in [2.05, 4.69) is 10.1 Å². The topological polar surface area (TPSA) is 75.6 Å². The summed E-state index contributed by atoms with van der Waals surface area (Å²) in [6, 6.07) is 14.9. The summed E-state index contributed by atoms with van der Waals surface area (Å²) < 4.78 is 4.45. The molecule has 1 amide bonds. The van der Waals surface area contributed by atoms with Gasteiger partial charge in [-0.1, -0.05) is 18.2 Å². The minimum atomic E-state index is -1.39. The van der Waals surface area contributed by atoms with Gasteiger partial charge in [-0.15, -0.1) is 0 Å². The van der Waals surface area contributed by atoms with Gasteiger partial charge in [0.05, 0.1) is 0 Å². The molecule has 0 radical (unpaired) electrons. The molecular weight excluding hydrogens is 246 g/mol. The van der Waals surface area contributed by atoms with Crippen molar-refractivity contribution in [1.29, 1.82) is 0 Å². The highest BCUT2D eigenvalue weighted by atomic mass is 16.7. The Labute approximate surface area is 109 Å². The first-order valence-electron chi connectivity index (χ1n) is 5.52. The van der Waals surface area contributed by atoms with E-state index in [1.165, 1.54) is 24.3 Å². The molecule has 2 aromatic rings. The molecule has 0 bridgehead atoms. The lowest BCUT2D eigenvalue weighted by molar-refractivity contribution is 0.102. The van der Waals surface area contributed by atoms with E-state index in [4.69, 9.17) is 5.11 Å². The van der Waals surface area contributed by atoms with Gasteiger partial charge in [-0.2, -0.15) is 0 Å². The number of carboxylic acid groups (broad SMARTS) is 1. The van der Waals surface area contributed by atoms with Gasteiger partial charge < -0.3 is 15.2 Å². The minimum Gasteiger partial charge on any atom is -0.449 e. The molecule has 0 aromatic heterocycles. The lowest BCUT2D eigenvalue weighted by Gasteiger charge is -2.05. The van der Waals surface area contributed by atoms with Gasteiger partial charge in [0.2, 0.25) is 0 Å². The first-order chi connectivity index (χ1) is 9.15. The number of hydrogen-bond acceptors (Lipinski definition) is 3. The summed E-state index contributed by atoms with van der Waals surface area (Å²) in [4.78, 5) is 22.2. The molecule has 0 aliphatic heterocycles. The summed E-state index contributed by atoms with van der Waals surface area (Å²) >= 11 is 0. The van der Waals surface area contributed by atoms with E-state index in [0.29, 0.717) is 11.3 Å². The number of benzene rings is 2. The van der Waals surface area contributed by atoms with Crippen molar-refractivity contribution in [2.45, 2.75) is 0 Å². The zero-order chi connectivity index (χ0) is 13.7. The Balaban J connectivity index is 2.05. The number of ether oxygens (including phenoxy) is 1. The molecule has 0 aliphatic rings. The Hall–Kier alpha value is -2.82.